The first-order valence-corrected chi connectivity index (χ1v) is 4.42. The van der Waals surface area contributed by atoms with Crippen LogP contribution in [0, 0.1) is 5.92 Å². The van der Waals surface area contributed by atoms with Crippen molar-refractivity contribution in [2.24, 2.45) is 5.92 Å². The summed E-state index contributed by atoms with van der Waals surface area (Å²) in [5, 5.41) is 0. The molecule has 0 saturated heterocycles. The molecule has 64 valence electrons. The molecule has 0 bridgehead atoms. The zero-order chi connectivity index (χ0) is 8.85. The average Bonchev–Trinajstić information content (AvgIpc) is 1.98. The van der Waals surface area contributed by atoms with Crippen LogP contribution >= 0.6 is 0 Å². The highest BCUT2D eigenvalue weighted by Crippen LogP contribution is 2.16. The van der Waals surface area contributed by atoms with Gasteiger partial charge in [-0.2, -0.15) is 0 Å². The molecule has 0 spiro atoms. The van der Waals surface area contributed by atoms with Gasteiger partial charge in [0.15, 0.2) is 0 Å². The molecule has 0 heterocycles. The van der Waals surface area contributed by atoms with Crippen molar-refractivity contribution < 1.29 is 0 Å². The third-order valence-corrected chi connectivity index (χ3v) is 1.97. The molecule has 0 fully saturated rings. The van der Waals surface area contributed by atoms with Gasteiger partial charge in [-0.05, 0) is 38.7 Å². The molecular weight excluding hydrogens is 132 g/mol. The highest BCUT2D eigenvalue weighted by atomic mass is 14.1. The molecule has 1 unspecified atom stereocenters. The smallest absolute Gasteiger partial charge is 0.0196 e. The minimum Gasteiger partial charge on any atom is -0.0842 e. The Kier molecular flexibility index (Phi) is 4.93. The molecule has 0 aromatic rings. The Morgan fingerprint density at radius 2 is 1.91 bits per heavy atom. The Morgan fingerprint density at radius 1 is 1.36 bits per heavy atom. The van der Waals surface area contributed by atoms with Crippen LogP contribution in [0.25, 0.3) is 0 Å². The quantitative estimate of drug-likeness (QED) is 0.537. The van der Waals surface area contributed by atoms with Crippen molar-refractivity contribution in [1.82, 2.24) is 0 Å². The van der Waals surface area contributed by atoms with Crippen LogP contribution in [0.3, 0.4) is 0 Å². The van der Waals surface area contributed by atoms with Crippen molar-refractivity contribution >= 4 is 0 Å². The lowest BCUT2D eigenvalue weighted by molar-refractivity contribution is 0.668. The Morgan fingerprint density at radius 3 is 2.18 bits per heavy atom. The second-order valence-corrected chi connectivity index (χ2v) is 3.32. The van der Waals surface area contributed by atoms with Gasteiger partial charge in [-0.1, -0.05) is 31.6 Å². The molecule has 0 rings (SSSR count). The fraction of sp³-hybridized carbons (Fsp3) is 0.636. The van der Waals surface area contributed by atoms with Crippen LogP contribution in [0.5, 0.6) is 0 Å². The first-order chi connectivity index (χ1) is 5.11. The van der Waals surface area contributed by atoms with E-state index in [1.165, 1.54) is 17.6 Å². The van der Waals surface area contributed by atoms with Gasteiger partial charge in [0, 0.05) is 0 Å². The van der Waals surface area contributed by atoms with Crippen molar-refractivity contribution in [3.63, 3.8) is 0 Å². The maximum absolute atomic E-state index is 2.27. The Labute approximate surface area is 71.0 Å². The topological polar surface area (TPSA) is 0 Å². The summed E-state index contributed by atoms with van der Waals surface area (Å²) in [5.74, 6) is 0.704. The summed E-state index contributed by atoms with van der Waals surface area (Å²) in [6, 6.07) is 0. The summed E-state index contributed by atoms with van der Waals surface area (Å²) < 4.78 is 0. The largest absolute Gasteiger partial charge is 0.0842 e. The summed E-state index contributed by atoms with van der Waals surface area (Å²) >= 11 is 0. The standard InChI is InChI=1S/C11H20/c1-6-10(5)11(7-2)8-9(3)4/h7-8,10H,6H2,1-5H3. The van der Waals surface area contributed by atoms with E-state index in [0.717, 1.165) is 0 Å². The first kappa shape index (κ1) is 10.5. The molecule has 0 aliphatic carbocycles. The van der Waals surface area contributed by atoms with Gasteiger partial charge in [-0.3, -0.25) is 0 Å². The van der Waals surface area contributed by atoms with Gasteiger partial charge in [0.1, 0.15) is 0 Å². The molecule has 0 aliphatic rings. The van der Waals surface area contributed by atoms with Crippen LogP contribution in [-0.2, 0) is 0 Å². The normalized spacial score (nSPS) is 14.5. The molecule has 0 heteroatoms. The molecule has 0 aromatic heterocycles. The van der Waals surface area contributed by atoms with E-state index in [-0.39, 0.29) is 0 Å². The van der Waals surface area contributed by atoms with Crippen LogP contribution in [0.15, 0.2) is 23.3 Å². The van der Waals surface area contributed by atoms with E-state index in [0.29, 0.717) is 5.92 Å². The van der Waals surface area contributed by atoms with Gasteiger partial charge in [0.2, 0.25) is 0 Å². The summed E-state index contributed by atoms with van der Waals surface area (Å²) in [6.07, 6.45) is 5.71. The molecule has 0 amide bonds. The molecule has 0 aliphatic heterocycles. The van der Waals surface area contributed by atoms with Crippen LogP contribution < -0.4 is 0 Å². The van der Waals surface area contributed by atoms with Crippen LogP contribution in [0.4, 0.5) is 0 Å². The van der Waals surface area contributed by atoms with Crippen LogP contribution in [0.1, 0.15) is 41.0 Å². The average molecular weight is 152 g/mol. The van der Waals surface area contributed by atoms with E-state index in [9.17, 15) is 0 Å². The van der Waals surface area contributed by atoms with Gasteiger partial charge in [-0.25, -0.2) is 0 Å². The number of hydrogen-bond donors (Lipinski definition) is 0. The van der Waals surface area contributed by atoms with Crippen molar-refractivity contribution in [2.45, 2.75) is 41.0 Å². The molecule has 1 atom stereocenters. The zero-order valence-corrected chi connectivity index (χ0v) is 8.44. The lowest BCUT2D eigenvalue weighted by Crippen LogP contribution is -1.94. The number of rotatable bonds is 3. The SMILES string of the molecule is CC=C(C=C(C)C)C(C)CC. The molecule has 0 saturated carbocycles. The van der Waals surface area contributed by atoms with Gasteiger partial charge in [0.25, 0.3) is 0 Å². The summed E-state index contributed by atoms with van der Waals surface area (Å²) in [5.41, 5.74) is 2.85. The molecule has 0 radical (unpaired) electrons. The highest BCUT2D eigenvalue weighted by Gasteiger charge is 2.01. The summed E-state index contributed by atoms with van der Waals surface area (Å²) in [4.78, 5) is 0. The van der Waals surface area contributed by atoms with E-state index in [2.05, 4.69) is 46.8 Å². The fourth-order valence-electron chi connectivity index (χ4n) is 1.08. The minimum absolute atomic E-state index is 0.704. The number of allylic oxidation sites excluding steroid dienone is 4. The van der Waals surface area contributed by atoms with E-state index in [1.54, 1.807) is 0 Å². The minimum atomic E-state index is 0.704. The van der Waals surface area contributed by atoms with Crippen molar-refractivity contribution in [2.75, 3.05) is 0 Å². The third kappa shape index (κ3) is 4.02. The maximum atomic E-state index is 2.27. The molecule has 0 nitrogen and oxygen atoms in total. The fourth-order valence-corrected chi connectivity index (χ4v) is 1.08. The molecular formula is C11H20. The van der Waals surface area contributed by atoms with E-state index in [1.807, 2.05) is 0 Å². The first-order valence-electron chi connectivity index (χ1n) is 4.42. The van der Waals surface area contributed by atoms with E-state index < -0.39 is 0 Å². The van der Waals surface area contributed by atoms with E-state index in [4.69, 9.17) is 0 Å². The van der Waals surface area contributed by atoms with Crippen molar-refractivity contribution in [1.29, 1.82) is 0 Å². The Balaban J connectivity index is 4.32. The maximum Gasteiger partial charge on any atom is -0.0196 e. The predicted octanol–water partition coefficient (Wildman–Crippen LogP) is 3.95. The van der Waals surface area contributed by atoms with Crippen LogP contribution in [0.2, 0.25) is 0 Å². The predicted molar refractivity (Wildman–Crippen MR) is 52.6 cm³/mol. The lowest BCUT2D eigenvalue weighted by atomic mass is 9.97. The van der Waals surface area contributed by atoms with Gasteiger partial charge in [0.05, 0.1) is 0 Å². The summed E-state index contributed by atoms with van der Waals surface area (Å²) in [7, 11) is 0. The van der Waals surface area contributed by atoms with E-state index >= 15 is 0 Å². The van der Waals surface area contributed by atoms with Crippen molar-refractivity contribution in [3.8, 4) is 0 Å². The molecule has 0 aromatic carbocycles. The second kappa shape index (κ2) is 5.17. The van der Waals surface area contributed by atoms with Gasteiger partial charge >= 0.3 is 0 Å². The zero-order valence-electron chi connectivity index (χ0n) is 8.44. The van der Waals surface area contributed by atoms with Crippen LogP contribution in [-0.4, -0.2) is 0 Å². The summed E-state index contributed by atoms with van der Waals surface area (Å²) in [6.45, 7) is 10.9. The molecule has 11 heavy (non-hydrogen) atoms. The Hall–Kier alpha value is -0.520. The Bertz CT molecular complexity index is 157. The van der Waals surface area contributed by atoms with Crippen molar-refractivity contribution in [3.05, 3.63) is 23.3 Å². The number of hydrogen-bond acceptors (Lipinski definition) is 0. The van der Waals surface area contributed by atoms with Gasteiger partial charge < -0.3 is 0 Å². The highest BCUT2D eigenvalue weighted by molar-refractivity contribution is 5.23. The van der Waals surface area contributed by atoms with Gasteiger partial charge in [-0.15, -0.1) is 0 Å². The molecule has 0 N–H and O–H groups in total. The monoisotopic (exact) mass is 152 g/mol. The second-order valence-electron chi connectivity index (χ2n) is 3.32. The third-order valence-electron chi connectivity index (χ3n) is 1.97. The lowest BCUT2D eigenvalue weighted by Gasteiger charge is -2.09.